The standard InChI is InChI=1S/C16H16N2O2/c1-2-11-5-3-4-6-14(11)19-10-16-18-13-9-12(17)7-8-15(13)20-16/h3-9H,2,10,17H2,1H3. The first-order valence-electron chi connectivity index (χ1n) is 6.62. The zero-order valence-electron chi connectivity index (χ0n) is 11.3. The summed E-state index contributed by atoms with van der Waals surface area (Å²) in [4.78, 5) is 4.37. The van der Waals surface area contributed by atoms with Crippen LogP contribution in [0.5, 0.6) is 5.75 Å². The summed E-state index contributed by atoms with van der Waals surface area (Å²) < 4.78 is 11.4. The van der Waals surface area contributed by atoms with Crippen LogP contribution in [0.1, 0.15) is 18.4 Å². The van der Waals surface area contributed by atoms with Crippen molar-refractivity contribution < 1.29 is 9.15 Å². The third-order valence-corrected chi connectivity index (χ3v) is 3.16. The van der Waals surface area contributed by atoms with E-state index in [-0.39, 0.29) is 0 Å². The van der Waals surface area contributed by atoms with Gasteiger partial charge in [-0.05, 0) is 36.2 Å². The van der Waals surface area contributed by atoms with Gasteiger partial charge in [0.25, 0.3) is 0 Å². The molecule has 0 fully saturated rings. The highest BCUT2D eigenvalue weighted by atomic mass is 16.5. The van der Waals surface area contributed by atoms with E-state index in [0.717, 1.165) is 23.3 Å². The number of aromatic nitrogens is 1. The van der Waals surface area contributed by atoms with Crippen molar-refractivity contribution in [2.24, 2.45) is 0 Å². The second kappa shape index (κ2) is 5.25. The van der Waals surface area contributed by atoms with E-state index in [4.69, 9.17) is 14.9 Å². The van der Waals surface area contributed by atoms with Gasteiger partial charge in [0, 0.05) is 5.69 Å². The molecule has 0 aliphatic carbocycles. The van der Waals surface area contributed by atoms with E-state index in [1.807, 2.05) is 24.3 Å². The van der Waals surface area contributed by atoms with Crippen LogP contribution in [0, 0.1) is 0 Å². The summed E-state index contributed by atoms with van der Waals surface area (Å²) >= 11 is 0. The van der Waals surface area contributed by atoms with E-state index in [1.165, 1.54) is 5.56 Å². The zero-order chi connectivity index (χ0) is 13.9. The minimum absolute atomic E-state index is 0.311. The number of fused-ring (bicyclic) bond motifs is 1. The summed E-state index contributed by atoms with van der Waals surface area (Å²) in [6.07, 6.45) is 0.931. The Labute approximate surface area is 117 Å². The number of nitrogens with two attached hydrogens (primary N) is 1. The number of anilines is 1. The van der Waals surface area contributed by atoms with Gasteiger partial charge in [0.05, 0.1) is 0 Å². The van der Waals surface area contributed by atoms with Crippen molar-refractivity contribution >= 4 is 16.8 Å². The van der Waals surface area contributed by atoms with E-state index in [0.29, 0.717) is 18.2 Å². The molecule has 0 aliphatic rings. The Kier molecular flexibility index (Phi) is 3.29. The molecule has 0 bridgehead atoms. The highest BCUT2D eigenvalue weighted by molar-refractivity contribution is 5.76. The largest absolute Gasteiger partial charge is 0.484 e. The van der Waals surface area contributed by atoms with Gasteiger partial charge in [0.15, 0.2) is 12.2 Å². The Morgan fingerprint density at radius 3 is 2.90 bits per heavy atom. The monoisotopic (exact) mass is 268 g/mol. The molecule has 1 aromatic heterocycles. The Hall–Kier alpha value is -2.49. The maximum absolute atomic E-state index is 5.79. The molecule has 20 heavy (non-hydrogen) atoms. The summed E-state index contributed by atoms with van der Waals surface area (Å²) in [7, 11) is 0. The lowest BCUT2D eigenvalue weighted by Gasteiger charge is -2.07. The molecule has 1 heterocycles. The topological polar surface area (TPSA) is 61.3 Å². The number of nitrogens with zero attached hydrogens (tertiary/aromatic N) is 1. The maximum atomic E-state index is 5.79. The average Bonchev–Trinajstić information content (AvgIpc) is 2.87. The third-order valence-electron chi connectivity index (χ3n) is 3.16. The Morgan fingerprint density at radius 1 is 1.20 bits per heavy atom. The second-order valence-corrected chi connectivity index (χ2v) is 4.58. The van der Waals surface area contributed by atoms with Crippen LogP contribution in [0.15, 0.2) is 46.9 Å². The van der Waals surface area contributed by atoms with Gasteiger partial charge in [-0.2, -0.15) is 0 Å². The van der Waals surface area contributed by atoms with Crippen molar-refractivity contribution in [2.45, 2.75) is 20.0 Å². The zero-order valence-corrected chi connectivity index (χ0v) is 11.3. The predicted octanol–water partition coefficient (Wildman–Crippen LogP) is 3.55. The molecule has 4 nitrogen and oxygen atoms in total. The fraction of sp³-hybridized carbons (Fsp3) is 0.188. The molecular formula is C16H16N2O2. The van der Waals surface area contributed by atoms with Crippen molar-refractivity contribution in [3.63, 3.8) is 0 Å². The summed E-state index contributed by atoms with van der Waals surface area (Å²) in [5.41, 5.74) is 9.05. The van der Waals surface area contributed by atoms with Crippen LogP contribution in [-0.4, -0.2) is 4.98 Å². The highest BCUT2D eigenvalue weighted by Crippen LogP contribution is 2.22. The number of aryl methyl sites for hydroxylation is 1. The second-order valence-electron chi connectivity index (χ2n) is 4.58. The van der Waals surface area contributed by atoms with E-state index in [2.05, 4.69) is 18.0 Å². The van der Waals surface area contributed by atoms with Gasteiger partial charge in [-0.1, -0.05) is 25.1 Å². The molecule has 3 rings (SSSR count). The quantitative estimate of drug-likeness (QED) is 0.735. The smallest absolute Gasteiger partial charge is 0.233 e. The van der Waals surface area contributed by atoms with Crippen molar-refractivity contribution in [3.8, 4) is 5.75 Å². The molecule has 3 aromatic rings. The molecule has 102 valence electrons. The fourth-order valence-corrected chi connectivity index (χ4v) is 2.13. The van der Waals surface area contributed by atoms with Gasteiger partial charge in [0.2, 0.25) is 5.89 Å². The summed E-state index contributed by atoms with van der Waals surface area (Å²) in [6.45, 7) is 2.41. The molecule has 4 heteroatoms. The summed E-state index contributed by atoms with van der Waals surface area (Å²) in [5, 5.41) is 0. The van der Waals surface area contributed by atoms with Gasteiger partial charge < -0.3 is 14.9 Å². The van der Waals surface area contributed by atoms with Crippen LogP contribution in [0.3, 0.4) is 0 Å². The summed E-state index contributed by atoms with van der Waals surface area (Å²) in [5.74, 6) is 1.42. The molecular weight excluding hydrogens is 252 g/mol. The number of rotatable bonds is 4. The van der Waals surface area contributed by atoms with Crippen LogP contribution in [0.25, 0.3) is 11.1 Å². The van der Waals surface area contributed by atoms with Crippen molar-refractivity contribution in [1.82, 2.24) is 4.98 Å². The highest BCUT2D eigenvalue weighted by Gasteiger charge is 2.08. The lowest BCUT2D eigenvalue weighted by molar-refractivity contribution is 0.265. The van der Waals surface area contributed by atoms with Crippen LogP contribution in [0.4, 0.5) is 5.69 Å². The SMILES string of the molecule is CCc1ccccc1OCc1nc2cc(N)ccc2o1. The first-order chi connectivity index (χ1) is 9.76. The fourth-order valence-electron chi connectivity index (χ4n) is 2.13. The minimum atomic E-state index is 0.311. The van der Waals surface area contributed by atoms with Gasteiger partial charge in [-0.3, -0.25) is 0 Å². The number of para-hydroxylation sites is 1. The molecule has 0 spiro atoms. The molecule has 0 atom stereocenters. The van der Waals surface area contributed by atoms with Crippen molar-refractivity contribution in [3.05, 3.63) is 53.9 Å². The Morgan fingerprint density at radius 2 is 2.05 bits per heavy atom. The predicted molar refractivity (Wildman–Crippen MR) is 78.6 cm³/mol. The number of nitrogen functional groups attached to an aromatic ring is 1. The van der Waals surface area contributed by atoms with Crippen LogP contribution in [-0.2, 0) is 13.0 Å². The lowest BCUT2D eigenvalue weighted by atomic mass is 10.1. The van der Waals surface area contributed by atoms with E-state index >= 15 is 0 Å². The Balaban J connectivity index is 1.79. The van der Waals surface area contributed by atoms with Crippen LogP contribution < -0.4 is 10.5 Å². The molecule has 0 unspecified atom stereocenters. The van der Waals surface area contributed by atoms with Crippen molar-refractivity contribution in [2.75, 3.05) is 5.73 Å². The normalized spacial score (nSPS) is 10.8. The van der Waals surface area contributed by atoms with Crippen LogP contribution in [0.2, 0.25) is 0 Å². The molecule has 0 saturated heterocycles. The molecule has 0 saturated carbocycles. The van der Waals surface area contributed by atoms with E-state index in [9.17, 15) is 0 Å². The number of hydrogen-bond acceptors (Lipinski definition) is 4. The summed E-state index contributed by atoms with van der Waals surface area (Å²) in [6, 6.07) is 13.4. The molecule has 0 amide bonds. The average molecular weight is 268 g/mol. The van der Waals surface area contributed by atoms with Gasteiger partial charge in [0.1, 0.15) is 11.3 Å². The van der Waals surface area contributed by atoms with Gasteiger partial charge in [-0.25, -0.2) is 4.98 Å². The van der Waals surface area contributed by atoms with E-state index < -0.39 is 0 Å². The number of benzene rings is 2. The molecule has 0 radical (unpaired) electrons. The molecule has 0 aliphatic heterocycles. The third kappa shape index (κ3) is 2.45. The first-order valence-corrected chi connectivity index (χ1v) is 6.62. The Bertz CT molecular complexity index is 734. The molecule has 2 N–H and O–H groups in total. The van der Waals surface area contributed by atoms with Crippen molar-refractivity contribution in [1.29, 1.82) is 0 Å². The van der Waals surface area contributed by atoms with Gasteiger partial charge >= 0.3 is 0 Å². The van der Waals surface area contributed by atoms with Gasteiger partial charge in [-0.15, -0.1) is 0 Å². The first kappa shape index (κ1) is 12.5. The van der Waals surface area contributed by atoms with E-state index in [1.54, 1.807) is 12.1 Å². The number of hydrogen-bond donors (Lipinski definition) is 1. The molecule has 2 aromatic carbocycles. The number of ether oxygens (including phenoxy) is 1. The minimum Gasteiger partial charge on any atom is -0.484 e. The lowest BCUT2D eigenvalue weighted by Crippen LogP contribution is -1.98. The van der Waals surface area contributed by atoms with Crippen LogP contribution >= 0.6 is 0 Å². The maximum Gasteiger partial charge on any atom is 0.233 e. The number of oxazole rings is 1.